The molecule has 8 heteroatoms. The highest BCUT2D eigenvalue weighted by Gasteiger charge is 2.34. The van der Waals surface area contributed by atoms with Crippen LogP contribution in [-0.4, -0.2) is 39.1 Å². The summed E-state index contributed by atoms with van der Waals surface area (Å²) in [6, 6.07) is 3.56. The van der Waals surface area contributed by atoms with Gasteiger partial charge in [-0.3, -0.25) is 14.3 Å². The molecule has 1 aromatic heterocycles. The van der Waals surface area contributed by atoms with Gasteiger partial charge in [0, 0.05) is 31.6 Å². The molecule has 6 nitrogen and oxygen atoms in total. The standard InChI is InChI=1S/C23H30F2N4O2/c1-13(2)11-21(30)29-10-6-7-18(29)23(31)26-15(4)16-8-9-17(22(25)14(16)3)19-12-20(24)27-28(19)5/h8-9,12-13,15,18H,6-7,10-11H2,1-5H3,(H,26,31). The minimum atomic E-state index is -0.674. The van der Waals surface area contributed by atoms with Gasteiger partial charge in [-0.25, -0.2) is 4.39 Å². The fourth-order valence-electron chi connectivity index (χ4n) is 4.24. The van der Waals surface area contributed by atoms with Crippen LogP contribution < -0.4 is 5.32 Å². The van der Waals surface area contributed by atoms with Crippen LogP contribution in [0.1, 0.15) is 57.2 Å². The molecular formula is C23H30F2N4O2. The monoisotopic (exact) mass is 432 g/mol. The van der Waals surface area contributed by atoms with Gasteiger partial charge >= 0.3 is 0 Å². The second-order valence-corrected chi connectivity index (χ2v) is 8.69. The van der Waals surface area contributed by atoms with E-state index in [0.717, 1.165) is 6.42 Å². The number of nitrogens with one attached hydrogen (secondary N) is 1. The van der Waals surface area contributed by atoms with Crippen molar-refractivity contribution in [1.82, 2.24) is 20.0 Å². The lowest BCUT2D eigenvalue weighted by molar-refractivity contribution is -0.139. The van der Waals surface area contributed by atoms with Gasteiger partial charge in [0.2, 0.25) is 17.8 Å². The predicted molar refractivity (Wildman–Crippen MR) is 114 cm³/mol. The van der Waals surface area contributed by atoms with E-state index in [1.807, 2.05) is 13.8 Å². The van der Waals surface area contributed by atoms with Crippen LogP contribution in [0.3, 0.4) is 0 Å². The van der Waals surface area contributed by atoms with Gasteiger partial charge in [-0.15, -0.1) is 5.10 Å². The first-order chi connectivity index (χ1) is 14.6. The Morgan fingerprint density at radius 2 is 1.97 bits per heavy atom. The van der Waals surface area contributed by atoms with Gasteiger partial charge in [-0.05, 0) is 49.8 Å². The summed E-state index contributed by atoms with van der Waals surface area (Å²) in [6.45, 7) is 7.97. The maximum atomic E-state index is 15.1. The molecule has 1 fully saturated rings. The summed E-state index contributed by atoms with van der Waals surface area (Å²) < 4.78 is 29.8. The second kappa shape index (κ2) is 9.16. The number of likely N-dealkylation sites (tertiary alicyclic amines) is 1. The molecule has 2 atom stereocenters. The molecule has 2 unspecified atom stereocenters. The Morgan fingerprint density at radius 3 is 2.58 bits per heavy atom. The molecule has 0 bridgehead atoms. The normalized spacial score (nSPS) is 17.3. The SMILES string of the molecule is Cc1c(C(C)NC(=O)C2CCCN2C(=O)CC(C)C)ccc(-c2cc(F)nn2C)c1F. The first-order valence-corrected chi connectivity index (χ1v) is 10.7. The van der Waals surface area contributed by atoms with Crippen molar-refractivity contribution < 1.29 is 18.4 Å². The number of hydrogen-bond acceptors (Lipinski definition) is 3. The number of nitrogens with zero attached hydrogens (tertiary/aromatic N) is 3. The second-order valence-electron chi connectivity index (χ2n) is 8.69. The number of carbonyl (C=O) groups excluding carboxylic acids is 2. The van der Waals surface area contributed by atoms with Crippen LogP contribution in [0.5, 0.6) is 0 Å². The van der Waals surface area contributed by atoms with Crippen LogP contribution in [0.4, 0.5) is 8.78 Å². The Morgan fingerprint density at radius 1 is 1.26 bits per heavy atom. The molecule has 1 saturated heterocycles. The van der Waals surface area contributed by atoms with E-state index >= 15 is 4.39 Å². The number of halogens is 2. The van der Waals surface area contributed by atoms with Gasteiger partial charge in [0.25, 0.3) is 0 Å². The molecular weight excluding hydrogens is 402 g/mol. The number of benzene rings is 1. The molecule has 1 aromatic carbocycles. The lowest BCUT2D eigenvalue weighted by Crippen LogP contribution is -2.46. The molecule has 168 valence electrons. The average molecular weight is 433 g/mol. The summed E-state index contributed by atoms with van der Waals surface area (Å²) >= 11 is 0. The highest BCUT2D eigenvalue weighted by atomic mass is 19.1. The Kier molecular flexibility index (Phi) is 6.77. The first-order valence-electron chi connectivity index (χ1n) is 10.7. The lowest BCUT2D eigenvalue weighted by Gasteiger charge is -2.27. The highest BCUT2D eigenvalue weighted by Crippen LogP contribution is 2.30. The fraction of sp³-hybridized carbons (Fsp3) is 0.522. The van der Waals surface area contributed by atoms with Crippen LogP contribution in [0.25, 0.3) is 11.3 Å². The molecule has 2 heterocycles. The summed E-state index contributed by atoms with van der Waals surface area (Å²) in [4.78, 5) is 27.1. The summed E-state index contributed by atoms with van der Waals surface area (Å²) in [6.07, 6.45) is 1.83. The van der Waals surface area contributed by atoms with Crippen molar-refractivity contribution in [2.75, 3.05) is 6.54 Å². The van der Waals surface area contributed by atoms with E-state index in [2.05, 4.69) is 10.4 Å². The summed E-state index contributed by atoms with van der Waals surface area (Å²) in [5.74, 6) is -1.15. The van der Waals surface area contributed by atoms with E-state index in [4.69, 9.17) is 0 Å². The van der Waals surface area contributed by atoms with Crippen LogP contribution >= 0.6 is 0 Å². The molecule has 1 aliphatic rings. The molecule has 2 amide bonds. The van der Waals surface area contributed by atoms with Crippen LogP contribution in [0.2, 0.25) is 0 Å². The van der Waals surface area contributed by atoms with Gasteiger partial charge in [0.1, 0.15) is 11.9 Å². The maximum absolute atomic E-state index is 15.1. The molecule has 3 rings (SSSR count). The lowest BCUT2D eigenvalue weighted by atomic mass is 9.97. The zero-order valence-corrected chi connectivity index (χ0v) is 18.7. The summed E-state index contributed by atoms with van der Waals surface area (Å²) in [7, 11) is 1.55. The van der Waals surface area contributed by atoms with E-state index in [-0.39, 0.29) is 23.3 Å². The maximum Gasteiger partial charge on any atom is 0.243 e. The predicted octanol–water partition coefficient (Wildman–Crippen LogP) is 3.89. The number of amides is 2. The minimum Gasteiger partial charge on any atom is -0.348 e. The molecule has 0 spiro atoms. The number of carbonyl (C=O) groups is 2. The van der Waals surface area contributed by atoms with Crippen molar-refractivity contribution in [3.63, 3.8) is 0 Å². The van der Waals surface area contributed by atoms with Gasteiger partial charge in [-0.1, -0.05) is 19.9 Å². The van der Waals surface area contributed by atoms with Crippen molar-refractivity contribution in [3.8, 4) is 11.3 Å². The third-order valence-electron chi connectivity index (χ3n) is 5.84. The topological polar surface area (TPSA) is 67.2 Å². The van der Waals surface area contributed by atoms with Gasteiger partial charge in [0.15, 0.2) is 0 Å². The van der Waals surface area contributed by atoms with E-state index in [1.54, 1.807) is 37.9 Å². The van der Waals surface area contributed by atoms with Crippen molar-refractivity contribution in [2.45, 2.75) is 59.0 Å². The third kappa shape index (κ3) is 4.78. The first kappa shape index (κ1) is 22.9. The van der Waals surface area contributed by atoms with Crippen molar-refractivity contribution in [2.24, 2.45) is 13.0 Å². The minimum absolute atomic E-state index is 0.00436. The molecule has 0 radical (unpaired) electrons. The quantitative estimate of drug-likeness (QED) is 0.753. The van der Waals surface area contributed by atoms with Crippen molar-refractivity contribution >= 4 is 11.8 Å². The van der Waals surface area contributed by atoms with E-state index in [0.29, 0.717) is 36.2 Å². The molecule has 2 aromatic rings. The summed E-state index contributed by atoms with van der Waals surface area (Å²) in [5.41, 5.74) is 1.60. The Bertz CT molecular complexity index is 986. The van der Waals surface area contributed by atoms with Crippen LogP contribution in [0, 0.1) is 24.6 Å². The number of aromatic nitrogens is 2. The fourth-order valence-corrected chi connectivity index (χ4v) is 4.24. The Hall–Kier alpha value is -2.77. The molecule has 1 N–H and O–H groups in total. The third-order valence-corrected chi connectivity index (χ3v) is 5.84. The van der Waals surface area contributed by atoms with Crippen molar-refractivity contribution in [3.05, 3.63) is 41.1 Å². The van der Waals surface area contributed by atoms with Gasteiger partial charge in [0.05, 0.1) is 11.7 Å². The molecule has 31 heavy (non-hydrogen) atoms. The molecule has 1 aliphatic heterocycles. The Balaban J connectivity index is 1.76. The zero-order valence-electron chi connectivity index (χ0n) is 18.7. The average Bonchev–Trinajstić information content (AvgIpc) is 3.29. The van der Waals surface area contributed by atoms with Crippen molar-refractivity contribution in [1.29, 1.82) is 0 Å². The Labute approximate surface area is 181 Å². The smallest absolute Gasteiger partial charge is 0.243 e. The van der Waals surface area contributed by atoms with Crippen LogP contribution in [0.15, 0.2) is 18.2 Å². The summed E-state index contributed by atoms with van der Waals surface area (Å²) in [5, 5.41) is 6.57. The number of aryl methyl sites for hydroxylation is 1. The van der Waals surface area contributed by atoms with E-state index in [9.17, 15) is 14.0 Å². The molecule has 0 saturated carbocycles. The number of rotatable bonds is 6. The number of hydrogen-bond donors (Lipinski definition) is 1. The van der Waals surface area contributed by atoms with Gasteiger partial charge < -0.3 is 10.2 Å². The highest BCUT2D eigenvalue weighted by molar-refractivity contribution is 5.88. The van der Waals surface area contributed by atoms with Crippen LogP contribution in [-0.2, 0) is 16.6 Å². The largest absolute Gasteiger partial charge is 0.348 e. The van der Waals surface area contributed by atoms with E-state index < -0.39 is 23.8 Å². The van der Waals surface area contributed by atoms with Gasteiger partial charge in [-0.2, -0.15) is 4.39 Å². The van der Waals surface area contributed by atoms with E-state index in [1.165, 1.54) is 10.7 Å². The zero-order chi connectivity index (χ0) is 22.9. The molecule has 0 aliphatic carbocycles.